The molecule has 2 aromatic rings. The van der Waals surface area contributed by atoms with Crippen molar-refractivity contribution in [3.8, 4) is 0 Å². The van der Waals surface area contributed by atoms with Crippen molar-refractivity contribution in [2.75, 3.05) is 6.54 Å². The summed E-state index contributed by atoms with van der Waals surface area (Å²) < 4.78 is 0. The van der Waals surface area contributed by atoms with Crippen LogP contribution in [-0.2, 0) is 6.42 Å². The smallest absolute Gasteiger partial charge is 0.263 e. The van der Waals surface area contributed by atoms with Gasteiger partial charge in [-0.3, -0.25) is 4.79 Å². The van der Waals surface area contributed by atoms with Gasteiger partial charge in [-0.2, -0.15) is 0 Å². The number of thiazole rings is 1. The molecule has 0 bridgehead atoms. The van der Waals surface area contributed by atoms with Gasteiger partial charge in [0.05, 0.1) is 16.2 Å². The number of nitrogens with two attached hydrogens (primary N) is 1. The third-order valence-corrected chi connectivity index (χ3v) is 5.73. The molecular formula is C18H25Cl2N3OS. The number of benzene rings is 1. The van der Waals surface area contributed by atoms with E-state index in [9.17, 15) is 4.79 Å². The van der Waals surface area contributed by atoms with Crippen molar-refractivity contribution in [3.63, 3.8) is 0 Å². The van der Waals surface area contributed by atoms with Crippen LogP contribution in [0.1, 0.15) is 51.6 Å². The van der Waals surface area contributed by atoms with E-state index < -0.39 is 0 Å². The van der Waals surface area contributed by atoms with Crippen LogP contribution in [0.25, 0.3) is 0 Å². The Morgan fingerprint density at radius 1 is 1.24 bits per heavy atom. The second-order valence-corrected chi connectivity index (χ2v) is 7.41. The molecule has 1 amide bonds. The van der Waals surface area contributed by atoms with Crippen molar-refractivity contribution in [2.24, 2.45) is 5.73 Å². The second kappa shape index (κ2) is 9.53. The monoisotopic (exact) mass is 401 g/mol. The van der Waals surface area contributed by atoms with E-state index in [0.717, 1.165) is 47.7 Å². The highest BCUT2D eigenvalue weighted by molar-refractivity contribution is 7.13. The number of nitrogens with zero attached hydrogens (tertiary/aromatic N) is 1. The van der Waals surface area contributed by atoms with Gasteiger partial charge >= 0.3 is 0 Å². The van der Waals surface area contributed by atoms with Crippen molar-refractivity contribution in [1.29, 1.82) is 0 Å². The highest BCUT2D eigenvalue weighted by Gasteiger charge is 2.34. The van der Waals surface area contributed by atoms with E-state index in [2.05, 4.69) is 22.4 Å². The Balaban J connectivity index is 0.00000156. The minimum absolute atomic E-state index is 0. The fourth-order valence-electron chi connectivity index (χ4n) is 3.24. The molecule has 0 aliphatic heterocycles. The zero-order chi connectivity index (χ0) is 16.3. The normalized spacial score (nSPS) is 15.1. The first-order valence-electron chi connectivity index (χ1n) is 8.15. The molecule has 7 heteroatoms. The molecule has 0 saturated heterocycles. The molecule has 1 fully saturated rings. The summed E-state index contributed by atoms with van der Waals surface area (Å²) in [4.78, 5) is 17.9. The standard InChI is InChI=1S/C18H23N3OS.2ClH/c1-13-16(17(22)21-18(12-19)9-5-6-10-18)23-15(20-13)11-14-7-3-2-4-8-14;;/h2-4,7-8H,5-6,9-12,19H2,1H3,(H,21,22);2*1H. The fraction of sp³-hybridized carbons (Fsp3) is 0.444. The van der Waals surface area contributed by atoms with E-state index in [1.54, 1.807) is 0 Å². The van der Waals surface area contributed by atoms with E-state index in [4.69, 9.17) is 5.73 Å². The molecule has 0 atom stereocenters. The maximum absolute atomic E-state index is 12.7. The molecule has 1 aliphatic carbocycles. The summed E-state index contributed by atoms with van der Waals surface area (Å²) in [7, 11) is 0. The van der Waals surface area contributed by atoms with Crippen LogP contribution in [0.2, 0.25) is 0 Å². The van der Waals surface area contributed by atoms with E-state index in [0.29, 0.717) is 6.54 Å². The number of halogens is 2. The topological polar surface area (TPSA) is 68.0 Å². The van der Waals surface area contributed by atoms with Gasteiger partial charge < -0.3 is 11.1 Å². The molecule has 3 N–H and O–H groups in total. The Kier molecular flexibility index (Phi) is 8.35. The average Bonchev–Trinajstić information content (AvgIpc) is 3.16. The van der Waals surface area contributed by atoms with Crippen LogP contribution in [0, 0.1) is 6.92 Å². The van der Waals surface area contributed by atoms with Crippen molar-refractivity contribution in [3.05, 3.63) is 51.5 Å². The number of nitrogens with one attached hydrogen (secondary N) is 1. The van der Waals surface area contributed by atoms with Gasteiger partial charge in [-0.05, 0) is 25.3 Å². The van der Waals surface area contributed by atoms with E-state index in [1.165, 1.54) is 16.9 Å². The zero-order valence-electron chi connectivity index (χ0n) is 14.3. The summed E-state index contributed by atoms with van der Waals surface area (Å²) in [6, 6.07) is 10.2. The fourth-order valence-corrected chi connectivity index (χ4v) is 4.23. The largest absolute Gasteiger partial charge is 0.345 e. The average molecular weight is 402 g/mol. The highest BCUT2D eigenvalue weighted by atomic mass is 35.5. The first-order chi connectivity index (χ1) is 11.1. The lowest BCUT2D eigenvalue weighted by Gasteiger charge is -2.28. The van der Waals surface area contributed by atoms with Crippen molar-refractivity contribution < 1.29 is 4.79 Å². The Hall–Kier alpha value is -1.14. The van der Waals surface area contributed by atoms with Crippen LogP contribution < -0.4 is 11.1 Å². The predicted molar refractivity (Wildman–Crippen MR) is 108 cm³/mol. The SMILES string of the molecule is Cc1nc(Cc2ccccc2)sc1C(=O)NC1(CN)CCCC1.Cl.Cl. The molecule has 0 unspecified atom stereocenters. The van der Waals surface area contributed by atoms with Gasteiger partial charge in [-0.15, -0.1) is 36.2 Å². The van der Waals surface area contributed by atoms with Crippen LogP contribution in [0.15, 0.2) is 30.3 Å². The molecule has 1 heterocycles. The van der Waals surface area contributed by atoms with Gasteiger partial charge in [0.1, 0.15) is 4.88 Å². The molecule has 138 valence electrons. The lowest BCUT2D eigenvalue weighted by Crippen LogP contribution is -2.51. The highest BCUT2D eigenvalue weighted by Crippen LogP contribution is 2.30. The van der Waals surface area contributed by atoms with Gasteiger partial charge in [0.15, 0.2) is 0 Å². The summed E-state index contributed by atoms with van der Waals surface area (Å²) in [5.74, 6) is -0.0216. The van der Waals surface area contributed by atoms with Crippen LogP contribution in [0.4, 0.5) is 0 Å². The molecule has 1 aliphatic rings. The summed E-state index contributed by atoms with van der Waals surface area (Å²) in [6.07, 6.45) is 4.99. The van der Waals surface area contributed by atoms with Crippen LogP contribution in [0.5, 0.6) is 0 Å². The summed E-state index contributed by atoms with van der Waals surface area (Å²) in [6.45, 7) is 2.41. The molecule has 0 radical (unpaired) electrons. The third kappa shape index (κ3) is 5.17. The Morgan fingerprint density at radius 2 is 1.88 bits per heavy atom. The maximum Gasteiger partial charge on any atom is 0.263 e. The Labute approximate surface area is 165 Å². The number of aromatic nitrogens is 1. The van der Waals surface area contributed by atoms with Crippen molar-refractivity contribution >= 4 is 42.1 Å². The molecule has 0 spiro atoms. The maximum atomic E-state index is 12.7. The number of amides is 1. The van der Waals surface area contributed by atoms with E-state index >= 15 is 0 Å². The van der Waals surface area contributed by atoms with Crippen LogP contribution in [0.3, 0.4) is 0 Å². The summed E-state index contributed by atoms with van der Waals surface area (Å²) >= 11 is 1.49. The second-order valence-electron chi connectivity index (χ2n) is 6.33. The van der Waals surface area contributed by atoms with Gasteiger partial charge in [0, 0.05) is 13.0 Å². The minimum Gasteiger partial charge on any atom is -0.345 e. The molecular weight excluding hydrogens is 377 g/mol. The quantitative estimate of drug-likeness (QED) is 0.798. The third-order valence-electron chi connectivity index (χ3n) is 4.58. The summed E-state index contributed by atoms with van der Waals surface area (Å²) in [5.41, 5.74) is 7.72. The van der Waals surface area contributed by atoms with Crippen molar-refractivity contribution in [1.82, 2.24) is 10.3 Å². The Morgan fingerprint density at radius 3 is 2.48 bits per heavy atom. The van der Waals surface area contributed by atoms with E-state index in [-0.39, 0.29) is 36.3 Å². The number of hydrogen-bond acceptors (Lipinski definition) is 4. The Bertz CT molecular complexity index is 685. The number of aryl methyl sites for hydroxylation is 1. The van der Waals surface area contributed by atoms with Gasteiger partial charge in [-0.25, -0.2) is 4.98 Å². The first-order valence-corrected chi connectivity index (χ1v) is 8.96. The molecule has 1 aromatic heterocycles. The molecule has 4 nitrogen and oxygen atoms in total. The summed E-state index contributed by atoms with van der Waals surface area (Å²) in [5, 5.41) is 4.16. The number of hydrogen-bond donors (Lipinski definition) is 2. The predicted octanol–water partition coefficient (Wildman–Crippen LogP) is 3.89. The van der Waals surface area contributed by atoms with Crippen LogP contribution in [-0.4, -0.2) is 23.0 Å². The van der Waals surface area contributed by atoms with E-state index in [1.807, 2.05) is 25.1 Å². The number of rotatable bonds is 5. The lowest BCUT2D eigenvalue weighted by molar-refractivity contribution is 0.0906. The number of carbonyl (C=O) groups is 1. The molecule has 1 aromatic carbocycles. The molecule has 1 saturated carbocycles. The first kappa shape index (κ1) is 21.9. The van der Waals surface area contributed by atoms with Crippen LogP contribution >= 0.6 is 36.2 Å². The molecule has 25 heavy (non-hydrogen) atoms. The van der Waals surface area contributed by atoms with Gasteiger partial charge in [-0.1, -0.05) is 43.2 Å². The number of carbonyl (C=O) groups excluding carboxylic acids is 1. The molecule has 3 rings (SSSR count). The van der Waals surface area contributed by atoms with Gasteiger partial charge in [0.25, 0.3) is 5.91 Å². The van der Waals surface area contributed by atoms with Crippen molar-refractivity contribution in [2.45, 2.75) is 44.6 Å². The zero-order valence-corrected chi connectivity index (χ0v) is 16.7. The van der Waals surface area contributed by atoms with Gasteiger partial charge in [0.2, 0.25) is 0 Å². The lowest BCUT2D eigenvalue weighted by atomic mass is 9.98. The minimum atomic E-state index is -0.215.